The van der Waals surface area contributed by atoms with Gasteiger partial charge in [0.25, 0.3) is 0 Å². The zero-order chi connectivity index (χ0) is 12.4. The number of rotatable bonds is 5. The molecule has 0 bridgehead atoms. The molecule has 2 atom stereocenters. The summed E-state index contributed by atoms with van der Waals surface area (Å²) in [6.07, 6.45) is 0.829. The van der Waals surface area contributed by atoms with Crippen LogP contribution in [0.5, 0.6) is 0 Å². The third-order valence-electron chi connectivity index (χ3n) is 3.18. The molecule has 0 amide bonds. The molecular weight excluding hydrogens is 282 g/mol. The van der Waals surface area contributed by atoms with Crippen LogP contribution in [0.25, 0.3) is 0 Å². The summed E-state index contributed by atoms with van der Waals surface area (Å²) < 4.78 is 1.11. The van der Waals surface area contributed by atoms with Gasteiger partial charge in [-0.25, -0.2) is 0 Å². The summed E-state index contributed by atoms with van der Waals surface area (Å²) in [6, 6.07) is 8.13. The number of hydrogen-bond acceptors (Lipinski definition) is 2. The maximum Gasteiger partial charge on any atom is 0.306 e. The molecule has 0 spiro atoms. The molecule has 1 aliphatic rings. The van der Waals surface area contributed by atoms with Crippen molar-refractivity contribution in [1.29, 1.82) is 0 Å². The fourth-order valence-corrected chi connectivity index (χ4v) is 2.54. The Morgan fingerprint density at radius 2 is 2.24 bits per heavy atom. The minimum atomic E-state index is -0.649. The SMILES string of the molecule is CN(Cc1ccccc1Br)CC1CC1C(=O)O. The van der Waals surface area contributed by atoms with Crippen LogP contribution in [0.4, 0.5) is 0 Å². The molecule has 1 aromatic carbocycles. The van der Waals surface area contributed by atoms with Crippen LogP contribution in [0.2, 0.25) is 0 Å². The molecule has 1 aromatic rings. The van der Waals surface area contributed by atoms with Gasteiger partial charge in [-0.05, 0) is 31.0 Å². The van der Waals surface area contributed by atoms with E-state index in [1.165, 1.54) is 5.56 Å². The maximum absolute atomic E-state index is 10.7. The van der Waals surface area contributed by atoms with Gasteiger partial charge in [-0.1, -0.05) is 34.1 Å². The molecule has 17 heavy (non-hydrogen) atoms. The lowest BCUT2D eigenvalue weighted by Crippen LogP contribution is -2.22. The van der Waals surface area contributed by atoms with Gasteiger partial charge in [0.1, 0.15) is 0 Å². The van der Waals surface area contributed by atoms with Gasteiger partial charge < -0.3 is 10.0 Å². The molecule has 1 saturated carbocycles. The van der Waals surface area contributed by atoms with Crippen LogP contribution in [-0.2, 0) is 11.3 Å². The van der Waals surface area contributed by atoms with Crippen molar-refractivity contribution >= 4 is 21.9 Å². The van der Waals surface area contributed by atoms with E-state index in [2.05, 4.69) is 26.9 Å². The van der Waals surface area contributed by atoms with Crippen molar-refractivity contribution in [3.8, 4) is 0 Å². The summed E-state index contributed by atoms with van der Waals surface area (Å²) in [4.78, 5) is 12.9. The van der Waals surface area contributed by atoms with E-state index in [4.69, 9.17) is 5.11 Å². The Labute approximate surface area is 110 Å². The predicted octanol–water partition coefficient (Wildman–Crippen LogP) is 2.60. The van der Waals surface area contributed by atoms with Crippen LogP contribution < -0.4 is 0 Å². The first-order valence-electron chi connectivity index (χ1n) is 5.72. The van der Waals surface area contributed by atoms with E-state index < -0.39 is 5.97 Å². The van der Waals surface area contributed by atoms with E-state index >= 15 is 0 Å². The van der Waals surface area contributed by atoms with Crippen LogP contribution in [0, 0.1) is 11.8 Å². The Hall–Kier alpha value is -0.870. The van der Waals surface area contributed by atoms with Crippen molar-refractivity contribution in [2.45, 2.75) is 13.0 Å². The van der Waals surface area contributed by atoms with Gasteiger partial charge in [-0.3, -0.25) is 4.79 Å². The van der Waals surface area contributed by atoms with E-state index in [1.54, 1.807) is 0 Å². The van der Waals surface area contributed by atoms with E-state index in [0.29, 0.717) is 5.92 Å². The van der Waals surface area contributed by atoms with E-state index in [9.17, 15) is 4.79 Å². The number of halogens is 1. The van der Waals surface area contributed by atoms with Crippen LogP contribution >= 0.6 is 15.9 Å². The molecule has 1 aliphatic carbocycles. The van der Waals surface area contributed by atoms with Gasteiger partial charge in [0.05, 0.1) is 5.92 Å². The molecule has 1 fully saturated rings. The van der Waals surface area contributed by atoms with E-state index in [1.807, 2.05) is 25.2 Å². The molecule has 92 valence electrons. The number of carboxylic acids is 1. The summed E-state index contributed by atoms with van der Waals surface area (Å²) in [5.74, 6) is -0.430. The summed E-state index contributed by atoms with van der Waals surface area (Å²) in [6.45, 7) is 1.71. The fraction of sp³-hybridized carbons (Fsp3) is 0.462. The summed E-state index contributed by atoms with van der Waals surface area (Å²) in [5, 5.41) is 8.84. The predicted molar refractivity (Wildman–Crippen MR) is 69.7 cm³/mol. The molecular formula is C13H16BrNO2. The highest BCUT2D eigenvalue weighted by Crippen LogP contribution is 2.39. The number of nitrogens with zero attached hydrogens (tertiary/aromatic N) is 1. The van der Waals surface area contributed by atoms with Crippen molar-refractivity contribution in [3.63, 3.8) is 0 Å². The lowest BCUT2D eigenvalue weighted by molar-refractivity contribution is -0.138. The van der Waals surface area contributed by atoms with Crippen molar-refractivity contribution < 1.29 is 9.90 Å². The molecule has 4 heteroatoms. The summed E-state index contributed by atoms with van der Waals surface area (Å²) in [7, 11) is 2.04. The molecule has 3 nitrogen and oxygen atoms in total. The average molecular weight is 298 g/mol. The maximum atomic E-state index is 10.7. The largest absolute Gasteiger partial charge is 0.481 e. The van der Waals surface area contributed by atoms with Crippen molar-refractivity contribution in [2.75, 3.05) is 13.6 Å². The van der Waals surface area contributed by atoms with Crippen LogP contribution in [-0.4, -0.2) is 29.6 Å². The first-order valence-corrected chi connectivity index (χ1v) is 6.52. The smallest absolute Gasteiger partial charge is 0.306 e. The number of carboxylic acid groups (broad SMARTS) is 1. The zero-order valence-corrected chi connectivity index (χ0v) is 11.4. The van der Waals surface area contributed by atoms with Gasteiger partial charge in [-0.2, -0.15) is 0 Å². The van der Waals surface area contributed by atoms with Gasteiger partial charge in [0.15, 0.2) is 0 Å². The molecule has 2 unspecified atom stereocenters. The van der Waals surface area contributed by atoms with Crippen molar-refractivity contribution in [3.05, 3.63) is 34.3 Å². The summed E-state index contributed by atoms with van der Waals surface area (Å²) in [5.41, 5.74) is 1.24. The first-order chi connectivity index (χ1) is 8.08. The normalized spacial score (nSPS) is 22.8. The topological polar surface area (TPSA) is 40.5 Å². The first kappa shape index (κ1) is 12.6. The van der Waals surface area contributed by atoms with Crippen molar-refractivity contribution in [1.82, 2.24) is 4.90 Å². The lowest BCUT2D eigenvalue weighted by Gasteiger charge is -2.17. The second kappa shape index (κ2) is 5.19. The van der Waals surface area contributed by atoms with Crippen molar-refractivity contribution in [2.24, 2.45) is 11.8 Å². The number of carbonyl (C=O) groups is 1. The highest BCUT2D eigenvalue weighted by molar-refractivity contribution is 9.10. The minimum Gasteiger partial charge on any atom is -0.481 e. The number of hydrogen-bond donors (Lipinski definition) is 1. The van der Waals surface area contributed by atoms with Crippen LogP contribution in [0.15, 0.2) is 28.7 Å². The highest BCUT2D eigenvalue weighted by Gasteiger charge is 2.43. The zero-order valence-electron chi connectivity index (χ0n) is 9.77. The highest BCUT2D eigenvalue weighted by atomic mass is 79.9. The molecule has 0 radical (unpaired) electrons. The number of benzene rings is 1. The van der Waals surface area contributed by atoms with E-state index in [-0.39, 0.29) is 5.92 Å². The Morgan fingerprint density at radius 3 is 2.82 bits per heavy atom. The molecule has 0 aliphatic heterocycles. The van der Waals surface area contributed by atoms with Gasteiger partial charge in [0.2, 0.25) is 0 Å². The molecule has 1 N–H and O–H groups in total. The Balaban J connectivity index is 1.84. The minimum absolute atomic E-state index is 0.114. The second-order valence-corrected chi connectivity index (χ2v) is 5.58. The van der Waals surface area contributed by atoms with Crippen LogP contribution in [0.3, 0.4) is 0 Å². The Kier molecular flexibility index (Phi) is 3.84. The molecule has 2 rings (SSSR count). The Bertz CT molecular complexity index is 422. The third kappa shape index (κ3) is 3.30. The van der Waals surface area contributed by atoms with E-state index in [0.717, 1.165) is 24.0 Å². The van der Waals surface area contributed by atoms with Crippen LogP contribution in [0.1, 0.15) is 12.0 Å². The quantitative estimate of drug-likeness (QED) is 0.908. The second-order valence-electron chi connectivity index (χ2n) is 4.73. The fourth-order valence-electron chi connectivity index (χ4n) is 2.13. The molecule has 0 aromatic heterocycles. The lowest BCUT2D eigenvalue weighted by atomic mass is 10.2. The Morgan fingerprint density at radius 1 is 1.53 bits per heavy atom. The van der Waals surface area contributed by atoms with Gasteiger partial charge in [0, 0.05) is 17.6 Å². The van der Waals surface area contributed by atoms with Gasteiger partial charge >= 0.3 is 5.97 Å². The number of aliphatic carboxylic acids is 1. The molecule has 0 heterocycles. The average Bonchev–Trinajstić information content (AvgIpc) is 3.01. The summed E-state index contributed by atoms with van der Waals surface area (Å²) >= 11 is 3.52. The monoisotopic (exact) mass is 297 g/mol. The van der Waals surface area contributed by atoms with Gasteiger partial charge in [-0.15, -0.1) is 0 Å². The third-order valence-corrected chi connectivity index (χ3v) is 3.96. The standard InChI is InChI=1S/C13H16BrNO2/c1-15(8-10-6-11(10)13(16)17)7-9-4-2-3-5-12(9)14/h2-5,10-11H,6-8H2,1H3,(H,16,17). The molecule has 0 saturated heterocycles.